The van der Waals surface area contributed by atoms with E-state index in [2.05, 4.69) is 20.7 Å². The second-order valence-electron chi connectivity index (χ2n) is 5.10. The lowest BCUT2D eigenvalue weighted by Crippen LogP contribution is -2.30. The average Bonchev–Trinajstić information content (AvgIpc) is 2.54. The van der Waals surface area contributed by atoms with Gasteiger partial charge in [-0.3, -0.25) is 0 Å². The summed E-state index contributed by atoms with van der Waals surface area (Å²) in [5, 5.41) is 0. The maximum atomic E-state index is 11.9. The van der Waals surface area contributed by atoms with E-state index in [-0.39, 0.29) is 12.3 Å². The van der Waals surface area contributed by atoms with E-state index in [1.54, 1.807) is 0 Å². The Morgan fingerprint density at radius 2 is 1.70 bits per heavy atom. The molecule has 0 aliphatic carbocycles. The highest BCUT2D eigenvalue weighted by Crippen LogP contribution is 2.15. The maximum absolute atomic E-state index is 11.9. The van der Waals surface area contributed by atoms with E-state index in [1.807, 2.05) is 54.6 Å². The van der Waals surface area contributed by atoms with Crippen LogP contribution in [0.1, 0.15) is 12.0 Å². The third-order valence-corrected chi connectivity index (χ3v) is 5.23. The van der Waals surface area contributed by atoms with Crippen molar-refractivity contribution in [3.63, 3.8) is 0 Å². The van der Waals surface area contributed by atoms with E-state index in [0.717, 1.165) is 22.2 Å². The summed E-state index contributed by atoms with van der Waals surface area (Å²) in [6.45, 7) is 0.573. The monoisotopic (exact) mass is 397 g/mol. The largest absolute Gasteiger partial charge is 0.492 e. The van der Waals surface area contributed by atoms with Gasteiger partial charge in [0.25, 0.3) is 0 Å². The Balaban J connectivity index is 1.64. The SMILES string of the molecule is O=S(=O)(CCCc1ccccc1)NCCOc1ccc(Br)cc1. The lowest BCUT2D eigenvalue weighted by molar-refractivity contribution is 0.323. The summed E-state index contributed by atoms with van der Waals surface area (Å²) < 4.78 is 32.8. The van der Waals surface area contributed by atoms with Gasteiger partial charge in [-0.25, -0.2) is 13.1 Å². The number of nitrogens with one attached hydrogen (secondary N) is 1. The molecule has 23 heavy (non-hydrogen) atoms. The molecule has 0 atom stereocenters. The molecule has 0 radical (unpaired) electrons. The molecule has 0 bridgehead atoms. The van der Waals surface area contributed by atoms with Gasteiger partial charge in [0.1, 0.15) is 12.4 Å². The zero-order valence-electron chi connectivity index (χ0n) is 12.7. The van der Waals surface area contributed by atoms with Crippen LogP contribution >= 0.6 is 15.9 Å². The van der Waals surface area contributed by atoms with E-state index in [4.69, 9.17) is 4.74 Å². The van der Waals surface area contributed by atoms with E-state index >= 15 is 0 Å². The summed E-state index contributed by atoms with van der Waals surface area (Å²) in [5.74, 6) is 0.844. The number of halogens is 1. The highest BCUT2D eigenvalue weighted by atomic mass is 79.9. The third-order valence-electron chi connectivity index (χ3n) is 3.23. The maximum Gasteiger partial charge on any atom is 0.211 e. The van der Waals surface area contributed by atoms with Crippen LogP contribution in [0, 0.1) is 0 Å². The van der Waals surface area contributed by atoms with Crippen molar-refractivity contribution in [1.82, 2.24) is 4.72 Å². The van der Waals surface area contributed by atoms with Gasteiger partial charge in [0.15, 0.2) is 0 Å². The van der Waals surface area contributed by atoms with Gasteiger partial charge in [-0.1, -0.05) is 46.3 Å². The molecule has 0 aliphatic heterocycles. The van der Waals surface area contributed by atoms with Gasteiger partial charge >= 0.3 is 0 Å². The summed E-state index contributed by atoms with van der Waals surface area (Å²) in [6, 6.07) is 17.3. The third kappa shape index (κ3) is 7.16. The van der Waals surface area contributed by atoms with E-state index in [9.17, 15) is 8.42 Å². The van der Waals surface area contributed by atoms with E-state index < -0.39 is 10.0 Å². The smallest absolute Gasteiger partial charge is 0.211 e. The predicted molar refractivity (Wildman–Crippen MR) is 96.2 cm³/mol. The van der Waals surface area contributed by atoms with Crippen LogP contribution < -0.4 is 9.46 Å². The Morgan fingerprint density at radius 3 is 2.39 bits per heavy atom. The van der Waals surface area contributed by atoms with Crippen LogP contribution in [-0.4, -0.2) is 27.3 Å². The molecule has 1 N–H and O–H groups in total. The number of rotatable bonds is 9. The first kappa shape index (κ1) is 18.0. The highest BCUT2D eigenvalue weighted by molar-refractivity contribution is 9.10. The lowest BCUT2D eigenvalue weighted by atomic mass is 10.1. The van der Waals surface area contributed by atoms with E-state index in [0.29, 0.717) is 13.0 Å². The van der Waals surface area contributed by atoms with Crippen LogP contribution in [0.2, 0.25) is 0 Å². The second-order valence-corrected chi connectivity index (χ2v) is 7.95. The van der Waals surface area contributed by atoms with Gasteiger partial charge in [0, 0.05) is 11.0 Å². The van der Waals surface area contributed by atoms with Gasteiger partial charge in [-0.05, 0) is 42.7 Å². The van der Waals surface area contributed by atoms with Crippen molar-refractivity contribution in [2.75, 3.05) is 18.9 Å². The van der Waals surface area contributed by atoms with E-state index in [1.165, 1.54) is 0 Å². The highest BCUT2D eigenvalue weighted by Gasteiger charge is 2.09. The minimum absolute atomic E-state index is 0.125. The molecular weight excluding hydrogens is 378 g/mol. The summed E-state index contributed by atoms with van der Waals surface area (Å²) in [4.78, 5) is 0. The van der Waals surface area contributed by atoms with Crippen molar-refractivity contribution < 1.29 is 13.2 Å². The van der Waals surface area contributed by atoms with Crippen molar-refractivity contribution in [2.45, 2.75) is 12.8 Å². The number of ether oxygens (including phenoxy) is 1. The van der Waals surface area contributed by atoms with Crippen LogP contribution in [0.15, 0.2) is 59.1 Å². The van der Waals surface area contributed by atoms with Gasteiger partial charge < -0.3 is 4.74 Å². The fourth-order valence-electron chi connectivity index (χ4n) is 2.08. The average molecular weight is 398 g/mol. The molecule has 2 aromatic carbocycles. The Morgan fingerprint density at radius 1 is 1.00 bits per heavy atom. The Labute approximate surface area is 146 Å². The summed E-state index contributed by atoms with van der Waals surface area (Å²) >= 11 is 3.35. The number of benzene rings is 2. The topological polar surface area (TPSA) is 55.4 Å². The van der Waals surface area contributed by atoms with Gasteiger partial charge in [-0.15, -0.1) is 0 Å². The molecule has 6 heteroatoms. The number of hydrogen-bond acceptors (Lipinski definition) is 3. The van der Waals surface area contributed by atoms with Crippen LogP contribution in [0.3, 0.4) is 0 Å². The summed E-state index contributed by atoms with van der Waals surface area (Å²) in [5.41, 5.74) is 1.15. The fourth-order valence-corrected chi connectivity index (χ4v) is 3.41. The van der Waals surface area contributed by atoms with Crippen LogP contribution in [-0.2, 0) is 16.4 Å². The molecule has 0 fully saturated rings. The lowest BCUT2D eigenvalue weighted by Gasteiger charge is -2.08. The van der Waals surface area contributed by atoms with Crippen LogP contribution in [0.25, 0.3) is 0 Å². The minimum Gasteiger partial charge on any atom is -0.492 e. The molecule has 2 aromatic rings. The molecule has 0 heterocycles. The van der Waals surface area contributed by atoms with Gasteiger partial charge in [0.2, 0.25) is 10.0 Å². The van der Waals surface area contributed by atoms with Gasteiger partial charge in [-0.2, -0.15) is 0 Å². The quantitative estimate of drug-likeness (QED) is 0.659. The Kier molecular flexibility index (Phi) is 7.08. The zero-order chi connectivity index (χ0) is 16.5. The van der Waals surface area contributed by atoms with Crippen molar-refractivity contribution in [3.05, 3.63) is 64.6 Å². The summed E-state index contributed by atoms with van der Waals surface area (Å²) in [7, 11) is -3.25. The molecule has 4 nitrogen and oxygen atoms in total. The molecule has 0 saturated heterocycles. The molecule has 0 aromatic heterocycles. The molecule has 0 unspecified atom stereocenters. The molecule has 0 spiro atoms. The second kappa shape index (κ2) is 9.05. The summed E-state index contributed by atoms with van der Waals surface area (Å²) in [6.07, 6.45) is 1.37. The first-order chi connectivity index (χ1) is 11.1. The van der Waals surface area contributed by atoms with Crippen molar-refractivity contribution >= 4 is 26.0 Å². The molecule has 2 rings (SSSR count). The Hall–Kier alpha value is -1.37. The first-order valence-corrected chi connectivity index (χ1v) is 9.89. The minimum atomic E-state index is -3.25. The van der Waals surface area contributed by atoms with Gasteiger partial charge in [0.05, 0.1) is 5.75 Å². The molecule has 0 amide bonds. The van der Waals surface area contributed by atoms with Crippen molar-refractivity contribution in [3.8, 4) is 5.75 Å². The first-order valence-electron chi connectivity index (χ1n) is 7.45. The molecule has 0 aliphatic rings. The normalized spacial score (nSPS) is 11.3. The Bertz CT molecular complexity index is 688. The zero-order valence-corrected chi connectivity index (χ0v) is 15.1. The van der Waals surface area contributed by atoms with Crippen molar-refractivity contribution in [1.29, 1.82) is 0 Å². The number of sulfonamides is 1. The van der Waals surface area contributed by atoms with Crippen LogP contribution in [0.4, 0.5) is 0 Å². The molecule has 0 saturated carbocycles. The number of aryl methyl sites for hydroxylation is 1. The van der Waals surface area contributed by atoms with Crippen molar-refractivity contribution in [2.24, 2.45) is 0 Å². The predicted octanol–water partition coefficient (Wildman–Crippen LogP) is 3.38. The standard InChI is InChI=1S/C17H20BrNO3S/c18-16-8-10-17(11-9-16)22-13-12-19-23(20,21)14-4-7-15-5-2-1-3-6-15/h1-3,5-6,8-11,19H,4,7,12-14H2. The fraction of sp³-hybridized carbons (Fsp3) is 0.294. The number of hydrogen-bond donors (Lipinski definition) is 1. The van der Waals surface area contributed by atoms with Crippen LogP contribution in [0.5, 0.6) is 5.75 Å². The molecular formula is C17H20BrNO3S. The molecule has 124 valence electrons.